The van der Waals surface area contributed by atoms with E-state index in [-0.39, 0.29) is 5.82 Å². The zero-order valence-electron chi connectivity index (χ0n) is 9.33. The minimum Gasteiger partial charge on any atom is -0.311 e. The molecule has 0 aromatic carbocycles. The second-order valence-corrected chi connectivity index (χ2v) is 3.58. The van der Waals surface area contributed by atoms with Gasteiger partial charge in [-0.05, 0) is 25.2 Å². The fourth-order valence-electron chi connectivity index (χ4n) is 1.21. The zero-order chi connectivity index (χ0) is 11.1. The van der Waals surface area contributed by atoms with Crippen molar-refractivity contribution in [2.75, 3.05) is 26.7 Å². The molecule has 0 spiro atoms. The average Bonchev–Trinajstić information content (AvgIpc) is 2.24. The number of halogens is 1. The molecule has 1 rings (SSSR count). The van der Waals surface area contributed by atoms with E-state index in [4.69, 9.17) is 0 Å². The fraction of sp³-hybridized carbons (Fsp3) is 0.545. The molecule has 1 aromatic rings. The maximum atomic E-state index is 12.8. The van der Waals surface area contributed by atoms with Crippen LogP contribution in [0.5, 0.6) is 0 Å². The third-order valence-corrected chi connectivity index (χ3v) is 2.30. The van der Waals surface area contributed by atoms with Gasteiger partial charge in [0.15, 0.2) is 0 Å². The molecule has 0 saturated heterocycles. The summed E-state index contributed by atoms with van der Waals surface area (Å²) in [7, 11) is 2.07. The molecule has 0 amide bonds. The van der Waals surface area contributed by atoms with E-state index in [2.05, 4.69) is 29.2 Å². The Hall–Kier alpha value is -1.00. The minimum atomic E-state index is -0.278. The van der Waals surface area contributed by atoms with Gasteiger partial charge in [-0.3, -0.25) is 4.98 Å². The van der Waals surface area contributed by atoms with Crippen molar-refractivity contribution in [3.63, 3.8) is 0 Å². The van der Waals surface area contributed by atoms with Crippen molar-refractivity contribution in [1.29, 1.82) is 0 Å². The Morgan fingerprint density at radius 2 is 2.27 bits per heavy atom. The fourth-order valence-corrected chi connectivity index (χ4v) is 1.21. The number of nitrogens with one attached hydrogen (secondary N) is 1. The third-order valence-electron chi connectivity index (χ3n) is 2.30. The van der Waals surface area contributed by atoms with E-state index in [1.165, 1.54) is 12.3 Å². The van der Waals surface area contributed by atoms with E-state index in [9.17, 15) is 4.39 Å². The quantitative estimate of drug-likeness (QED) is 0.718. The maximum Gasteiger partial charge on any atom is 0.141 e. The second kappa shape index (κ2) is 6.48. The van der Waals surface area contributed by atoms with E-state index in [1.54, 1.807) is 6.20 Å². The highest BCUT2D eigenvalue weighted by molar-refractivity contribution is 5.09. The van der Waals surface area contributed by atoms with Crippen LogP contribution in [0.15, 0.2) is 18.5 Å². The summed E-state index contributed by atoms with van der Waals surface area (Å²) < 4.78 is 12.8. The van der Waals surface area contributed by atoms with E-state index in [0.29, 0.717) is 6.54 Å². The van der Waals surface area contributed by atoms with E-state index >= 15 is 0 Å². The molecule has 1 aromatic heterocycles. The van der Waals surface area contributed by atoms with Crippen LogP contribution < -0.4 is 5.32 Å². The lowest BCUT2D eigenvalue weighted by atomic mass is 10.3. The van der Waals surface area contributed by atoms with Crippen molar-refractivity contribution in [2.24, 2.45) is 0 Å². The van der Waals surface area contributed by atoms with E-state index < -0.39 is 0 Å². The van der Waals surface area contributed by atoms with Crippen LogP contribution in [-0.4, -0.2) is 36.6 Å². The molecule has 0 atom stereocenters. The second-order valence-electron chi connectivity index (χ2n) is 3.58. The van der Waals surface area contributed by atoms with Gasteiger partial charge < -0.3 is 10.2 Å². The largest absolute Gasteiger partial charge is 0.311 e. The lowest BCUT2D eigenvalue weighted by molar-refractivity contribution is 0.349. The lowest BCUT2D eigenvalue weighted by Gasteiger charge is -2.13. The van der Waals surface area contributed by atoms with Gasteiger partial charge in [-0.15, -0.1) is 0 Å². The first-order chi connectivity index (χ1) is 7.22. The first kappa shape index (κ1) is 12.1. The number of aromatic nitrogens is 1. The molecular formula is C11H18FN3. The molecule has 0 aliphatic carbocycles. The summed E-state index contributed by atoms with van der Waals surface area (Å²) in [6, 6.07) is 1.50. The highest BCUT2D eigenvalue weighted by Crippen LogP contribution is 1.99. The Morgan fingerprint density at radius 1 is 1.47 bits per heavy atom. The van der Waals surface area contributed by atoms with Crippen LogP contribution in [0.3, 0.4) is 0 Å². The topological polar surface area (TPSA) is 28.2 Å². The van der Waals surface area contributed by atoms with Crippen molar-refractivity contribution in [3.05, 3.63) is 29.8 Å². The summed E-state index contributed by atoms with van der Waals surface area (Å²) in [6.45, 7) is 5.74. The van der Waals surface area contributed by atoms with Crippen molar-refractivity contribution in [2.45, 2.75) is 13.5 Å². The summed E-state index contributed by atoms with van der Waals surface area (Å²) in [5.41, 5.74) is 0.883. The predicted molar refractivity (Wildman–Crippen MR) is 59.1 cm³/mol. The molecule has 0 unspecified atom stereocenters. The van der Waals surface area contributed by atoms with Gasteiger partial charge >= 0.3 is 0 Å². The number of hydrogen-bond acceptors (Lipinski definition) is 3. The average molecular weight is 211 g/mol. The van der Waals surface area contributed by atoms with Gasteiger partial charge in [-0.1, -0.05) is 6.92 Å². The molecule has 1 heterocycles. The van der Waals surface area contributed by atoms with Gasteiger partial charge in [0.05, 0.1) is 6.20 Å². The van der Waals surface area contributed by atoms with Crippen LogP contribution in [0.4, 0.5) is 4.39 Å². The summed E-state index contributed by atoms with van der Waals surface area (Å²) in [5.74, 6) is -0.278. The van der Waals surface area contributed by atoms with Crippen molar-refractivity contribution in [3.8, 4) is 0 Å². The molecule has 3 nitrogen and oxygen atoms in total. The first-order valence-electron chi connectivity index (χ1n) is 5.21. The molecule has 0 radical (unpaired) electrons. The Bertz CT molecular complexity index is 291. The molecule has 84 valence electrons. The molecule has 0 aliphatic heterocycles. The predicted octanol–water partition coefficient (Wildman–Crippen LogP) is 1.26. The van der Waals surface area contributed by atoms with Gasteiger partial charge in [0.1, 0.15) is 5.82 Å². The molecule has 0 fully saturated rings. The minimum absolute atomic E-state index is 0.278. The highest BCUT2D eigenvalue weighted by Gasteiger charge is 1.96. The maximum absolute atomic E-state index is 12.8. The van der Waals surface area contributed by atoms with Crippen molar-refractivity contribution < 1.29 is 4.39 Å². The number of nitrogens with zero attached hydrogens (tertiary/aromatic N) is 2. The Kier molecular flexibility index (Phi) is 5.21. The monoisotopic (exact) mass is 211 g/mol. The number of hydrogen-bond donors (Lipinski definition) is 1. The summed E-state index contributed by atoms with van der Waals surface area (Å²) >= 11 is 0. The molecule has 1 N–H and O–H groups in total. The third kappa shape index (κ3) is 4.85. The summed E-state index contributed by atoms with van der Waals surface area (Å²) in [6.07, 6.45) is 2.90. The first-order valence-corrected chi connectivity index (χ1v) is 5.21. The van der Waals surface area contributed by atoms with Gasteiger partial charge in [-0.25, -0.2) is 4.39 Å². The smallest absolute Gasteiger partial charge is 0.141 e. The molecule has 0 bridgehead atoms. The summed E-state index contributed by atoms with van der Waals surface area (Å²) in [5, 5.41) is 3.25. The summed E-state index contributed by atoms with van der Waals surface area (Å²) in [4.78, 5) is 6.01. The van der Waals surface area contributed by atoms with Gasteiger partial charge in [0.2, 0.25) is 0 Å². The van der Waals surface area contributed by atoms with E-state index in [0.717, 1.165) is 25.2 Å². The van der Waals surface area contributed by atoms with Crippen LogP contribution in [-0.2, 0) is 6.54 Å². The van der Waals surface area contributed by atoms with Crippen LogP contribution in [0.1, 0.15) is 12.5 Å². The van der Waals surface area contributed by atoms with Crippen LogP contribution >= 0.6 is 0 Å². The number of likely N-dealkylation sites (N-methyl/N-ethyl adjacent to an activating group) is 1. The van der Waals surface area contributed by atoms with Crippen molar-refractivity contribution >= 4 is 0 Å². The SMILES string of the molecule is CCN(C)CCNCc1cncc(F)c1. The van der Waals surface area contributed by atoms with E-state index in [1.807, 2.05) is 0 Å². The van der Waals surface area contributed by atoms with Crippen molar-refractivity contribution in [1.82, 2.24) is 15.2 Å². The van der Waals surface area contributed by atoms with Crippen LogP contribution in [0, 0.1) is 5.82 Å². The highest BCUT2D eigenvalue weighted by atomic mass is 19.1. The Morgan fingerprint density at radius 3 is 2.93 bits per heavy atom. The Balaban J connectivity index is 2.20. The number of pyridine rings is 1. The zero-order valence-corrected chi connectivity index (χ0v) is 9.33. The lowest BCUT2D eigenvalue weighted by Crippen LogP contribution is -2.28. The standard InChI is InChI=1S/C11H18FN3/c1-3-15(2)5-4-13-7-10-6-11(12)9-14-8-10/h6,8-9,13H,3-5,7H2,1-2H3. The van der Waals surface area contributed by atoms with Gasteiger partial charge in [-0.2, -0.15) is 0 Å². The molecule has 0 saturated carbocycles. The van der Waals surface area contributed by atoms with Crippen LogP contribution in [0.2, 0.25) is 0 Å². The van der Waals surface area contributed by atoms with Gasteiger partial charge in [0, 0.05) is 25.8 Å². The van der Waals surface area contributed by atoms with Gasteiger partial charge in [0.25, 0.3) is 0 Å². The molecular weight excluding hydrogens is 193 g/mol. The van der Waals surface area contributed by atoms with Crippen LogP contribution in [0.25, 0.3) is 0 Å². The number of rotatable bonds is 6. The normalized spacial score (nSPS) is 10.9. The Labute approximate surface area is 90.3 Å². The molecule has 15 heavy (non-hydrogen) atoms. The molecule has 4 heteroatoms. The molecule has 0 aliphatic rings.